The number of hydrogen-bond acceptors (Lipinski definition) is 3. The second kappa shape index (κ2) is 3.59. The smallest absolute Gasteiger partial charge is 0.161 e. The van der Waals surface area contributed by atoms with E-state index in [2.05, 4.69) is 10.5 Å². The Morgan fingerprint density at radius 1 is 1.50 bits per heavy atom. The largest absolute Gasteiger partial charge is 0.358 e. The summed E-state index contributed by atoms with van der Waals surface area (Å²) >= 11 is 5.91. The van der Waals surface area contributed by atoms with Crippen molar-refractivity contribution < 1.29 is 4.52 Å². The van der Waals surface area contributed by atoms with Crippen LogP contribution in [0.1, 0.15) is 18.7 Å². The van der Waals surface area contributed by atoms with Crippen LogP contribution in [0.25, 0.3) is 10.9 Å². The first kappa shape index (κ1) is 9.49. The molecule has 0 fully saturated rings. The minimum absolute atomic E-state index is 0.137. The molecule has 4 heteroatoms. The van der Waals surface area contributed by atoms with Gasteiger partial charge < -0.3 is 9.84 Å². The van der Waals surface area contributed by atoms with E-state index in [0.29, 0.717) is 5.02 Å². The van der Waals surface area contributed by atoms with E-state index in [4.69, 9.17) is 16.1 Å². The van der Waals surface area contributed by atoms with E-state index in [1.54, 1.807) is 6.07 Å². The zero-order valence-corrected chi connectivity index (χ0v) is 8.80. The second-order valence-electron chi connectivity index (χ2n) is 3.22. The van der Waals surface area contributed by atoms with Crippen LogP contribution >= 0.6 is 11.6 Å². The molecule has 0 radical (unpaired) electrons. The summed E-state index contributed by atoms with van der Waals surface area (Å²) in [7, 11) is 1.88. The fraction of sp³-hybridized carbons (Fsp3) is 0.300. The van der Waals surface area contributed by atoms with Crippen molar-refractivity contribution >= 4 is 22.5 Å². The van der Waals surface area contributed by atoms with Crippen LogP contribution in [0.5, 0.6) is 0 Å². The second-order valence-corrected chi connectivity index (χ2v) is 3.66. The van der Waals surface area contributed by atoms with Crippen LogP contribution in [0, 0.1) is 0 Å². The van der Waals surface area contributed by atoms with Gasteiger partial charge >= 0.3 is 0 Å². The van der Waals surface area contributed by atoms with E-state index < -0.39 is 0 Å². The molecular weight excluding hydrogens is 200 g/mol. The fourth-order valence-electron chi connectivity index (χ4n) is 1.38. The van der Waals surface area contributed by atoms with E-state index in [1.165, 1.54) is 0 Å². The van der Waals surface area contributed by atoms with Crippen molar-refractivity contribution in [3.05, 3.63) is 29.0 Å². The number of rotatable bonds is 2. The van der Waals surface area contributed by atoms with Gasteiger partial charge in [-0.05, 0) is 32.2 Å². The SMILES string of the molecule is CNC(C)c1onc2ccc(Cl)cc12. The highest BCUT2D eigenvalue weighted by Gasteiger charge is 2.13. The number of fused-ring (bicyclic) bond motifs is 1. The Morgan fingerprint density at radius 2 is 2.29 bits per heavy atom. The summed E-state index contributed by atoms with van der Waals surface area (Å²) < 4.78 is 5.25. The topological polar surface area (TPSA) is 38.1 Å². The van der Waals surface area contributed by atoms with Crippen molar-refractivity contribution in [2.24, 2.45) is 0 Å². The van der Waals surface area contributed by atoms with Crippen molar-refractivity contribution in [1.82, 2.24) is 10.5 Å². The summed E-state index contributed by atoms with van der Waals surface area (Å²) in [5.41, 5.74) is 0.839. The molecule has 0 amide bonds. The van der Waals surface area contributed by atoms with Gasteiger partial charge in [0, 0.05) is 10.4 Å². The Morgan fingerprint density at radius 3 is 3.00 bits per heavy atom. The molecule has 1 aromatic heterocycles. The molecule has 1 atom stereocenters. The summed E-state index contributed by atoms with van der Waals surface area (Å²) in [6.45, 7) is 2.01. The zero-order chi connectivity index (χ0) is 10.1. The summed E-state index contributed by atoms with van der Waals surface area (Å²) in [5.74, 6) is 0.824. The van der Waals surface area contributed by atoms with Crippen molar-refractivity contribution in [2.75, 3.05) is 7.05 Å². The first-order chi connectivity index (χ1) is 6.72. The summed E-state index contributed by atoms with van der Waals surface area (Å²) in [6, 6.07) is 5.67. The third kappa shape index (κ3) is 1.49. The Balaban J connectivity index is 2.61. The van der Waals surface area contributed by atoms with Gasteiger partial charge in [0.1, 0.15) is 5.52 Å². The average Bonchev–Trinajstić information content (AvgIpc) is 2.59. The molecular formula is C10H11ClN2O. The van der Waals surface area contributed by atoms with Crippen molar-refractivity contribution in [2.45, 2.75) is 13.0 Å². The highest BCUT2D eigenvalue weighted by molar-refractivity contribution is 6.31. The van der Waals surface area contributed by atoms with Gasteiger partial charge in [0.2, 0.25) is 0 Å². The number of nitrogens with one attached hydrogen (secondary N) is 1. The van der Waals surface area contributed by atoms with Crippen molar-refractivity contribution in [3.63, 3.8) is 0 Å². The van der Waals surface area contributed by atoms with Crippen LogP contribution in [-0.2, 0) is 0 Å². The molecule has 2 aromatic rings. The molecule has 0 aliphatic rings. The standard InChI is InChI=1S/C10H11ClN2O/c1-6(12-2)10-8-5-7(11)3-4-9(8)13-14-10/h3-6,12H,1-2H3. The molecule has 1 N–H and O–H groups in total. The molecule has 0 aliphatic carbocycles. The van der Waals surface area contributed by atoms with Crippen LogP contribution < -0.4 is 5.32 Å². The minimum atomic E-state index is 0.137. The fourth-order valence-corrected chi connectivity index (χ4v) is 1.55. The predicted molar refractivity (Wildman–Crippen MR) is 56.5 cm³/mol. The molecule has 0 bridgehead atoms. The lowest BCUT2D eigenvalue weighted by atomic mass is 10.1. The molecule has 1 aromatic carbocycles. The maximum atomic E-state index is 5.91. The van der Waals surface area contributed by atoms with Crippen LogP contribution in [-0.4, -0.2) is 12.2 Å². The predicted octanol–water partition coefficient (Wildman–Crippen LogP) is 2.76. The molecule has 1 unspecified atom stereocenters. The summed E-state index contributed by atoms with van der Waals surface area (Å²) in [5, 5.41) is 8.73. The van der Waals surface area contributed by atoms with Crippen LogP contribution in [0.2, 0.25) is 5.02 Å². The summed E-state index contributed by atoms with van der Waals surface area (Å²) in [6.07, 6.45) is 0. The van der Waals surface area contributed by atoms with Gasteiger partial charge in [0.25, 0.3) is 0 Å². The molecule has 0 saturated heterocycles. The maximum Gasteiger partial charge on any atom is 0.161 e. The molecule has 2 rings (SSSR count). The number of nitrogens with zero attached hydrogens (tertiary/aromatic N) is 1. The van der Waals surface area contributed by atoms with E-state index in [1.807, 2.05) is 26.1 Å². The zero-order valence-electron chi connectivity index (χ0n) is 8.04. The molecule has 74 valence electrons. The third-order valence-corrected chi connectivity index (χ3v) is 2.53. The Bertz CT molecular complexity index is 452. The monoisotopic (exact) mass is 210 g/mol. The van der Waals surface area contributed by atoms with Gasteiger partial charge in [-0.25, -0.2) is 0 Å². The van der Waals surface area contributed by atoms with E-state index in [0.717, 1.165) is 16.7 Å². The Hall–Kier alpha value is -1.06. The molecule has 1 heterocycles. The Labute approximate surface area is 87.0 Å². The Kier molecular flexibility index (Phi) is 2.44. The lowest BCUT2D eigenvalue weighted by Crippen LogP contribution is -2.11. The van der Waals surface area contributed by atoms with E-state index >= 15 is 0 Å². The van der Waals surface area contributed by atoms with Crippen molar-refractivity contribution in [1.29, 1.82) is 0 Å². The highest BCUT2D eigenvalue weighted by atomic mass is 35.5. The average molecular weight is 211 g/mol. The summed E-state index contributed by atoms with van der Waals surface area (Å²) in [4.78, 5) is 0. The molecule has 0 saturated carbocycles. The quantitative estimate of drug-likeness (QED) is 0.829. The van der Waals surface area contributed by atoms with Gasteiger partial charge in [-0.3, -0.25) is 0 Å². The molecule has 0 spiro atoms. The maximum absolute atomic E-state index is 5.91. The van der Waals surface area contributed by atoms with E-state index in [9.17, 15) is 0 Å². The lowest BCUT2D eigenvalue weighted by molar-refractivity contribution is 0.361. The van der Waals surface area contributed by atoms with Crippen molar-refractivity contribution in [3.8, 4) is 0 Å². The van der Waals surface area contributed by atoms with Gasteiger partial charge in [-0.1, -0.05) is 16.8 Å². The number of aromatic nitrogens is 1. The lowest BCUT2D eigenvalue weighted by Gasteiger charge is -2.04. The number of halogens is 1. The van der Waals surface area contributed by atoms with Gasteiger partial charge in [-0.15, -0.1) is 0 Å². The van der Waals surface area contributed by atoms with Crippen LogP contribution in [0.4, 0.5) is 0 Å². The third-order valence-electron chi connectivity index (χ3n) is 2.29. The number of hydrogen-bond donors (Lipinski definition) is 1. The molecule has 14 heavy (non-hydrogen) atoms. The number of benzene rings is 1. The first-order valence-electron chi connectivity index (χ1n) is 4.44. The molecule has 3 nitrogen and oxygen atoms in total. The first-order valence-corrected chi connectivity index (χ1v) is 4.82. The van der Waals surface area contributed by atoms with Gasteiger partial charge in [-0.2, -0.15) is 0 Å². The minimum Gasteiger partial charge on any atom is -0.358 e. The highest BCUT2D eigenvalue weighted by Crippen LogP contribution is 2.26. The van der Waals surface area contributed by atoms with Crippen LogP contribution in [0.15, 0.2) is 22.7 Å². The van der Waals surface area contributed by atoms with Gasteiger partial charge in [0.05, 0.1) is 6.04 Å². The van der Waals surface area contributed by atoms with E-state index in [-0.39, 0.29) is 6.04 Å². The van der Waals surface area contributed by atoms with Crippen LogP contribution in [0.3, 0.4) is 0 Å². The molecule has 0 aliphatic heterocycles. The van der Waals surface area contributed by atoms with Gasteiger partial charge in [0.15, 0.2) is 5.76 Å². The normalized spacial score (nSPS) is 13.4.